The van der Waals surface area contributed by atoms with Crippen molar-refractivity contribution in [3.8, 4) is 0 Å². The Morgan fingerprint density at radius 3 is 2.44 bits per heavy atom. The number of hydrogen-bond acceptors (Lipinski definition) is 4. The van der Waals surface area contributed by atoms with Gasteiger partial charge in [0.15, 0.2) is 0 Å². The van der Waals surface area contributed by atoms with Crippen molar-refractivity contribution in [2.45, 2.75) is 38.1 Å². The number of rotatable bonds is 5. The van der Waals surface area contributed by atoms with E-state index in [-0.39, 0.29) is 10.9 Å². The Labute approximate surface area is 109 Å². The van der Waals surface area contributed by atoms with Crippen molar-refractivity contribution in [3.63, 3.8) is 0 Å². The fourth-order valence-corrected chi connectivity index (χ4v) is 2.37. The van der Waals surface area contributed by atoms with Crippen molar-refractivity contribution in [2.75, 3.05) is 11.1 Å². The molecule has 0 amide bonds. The van der Waals surface area contributed by atoms with Crippen molar-refractivity contribution >= 4 is 21.4 Å². The van der Waals surface area contributed by atoms with Crippen molar-refractivity contribution in [1.29, 1.82) is 0 Å². The van der Waals surface area contributed by atoms with Gasteiger partial charge in [-0.3, -0.25) is 0 Å². The number of nitrogen functional groups attached to an aromatic ring is 1. The molecule has 0 fully saturated rings. The summed E-state index contributed by atoms with van der Waals surface area (Å²) in [4.78, 5) is 0.0395. The fraction of sp³-hybridized carbons (Fsp3) is 0.500. The maximum atomic E-state index is 11.5. The van der Waals surface area contributed by atoms with Gasteiger partial charge in [0.25, 0.3) is 0 Å². The zero-order chi connectivity index (χ0) is 13.9. The summed E-state index contributed by atoms with van der Waals surface area (Å²) in [6, 6.07) is 4.83. The minimum Gasteiger partial charge on any atom is -0.399 e. The maximum Gasteiger partial charge on any atom is 0.240 e. The van der Waals surface area contributed by atoms with Crippen LogP contribution in [0.25, 0.3) is 0 Å². The van der Waals surface area contributed by atoms with Gasteiger partial charge >= 0.3 is 0 Å². The fourth-order valence-electron chi connectivity index (χ4n) is 1.63. The van der Waals surface area contributed by atoms with E-state index in [4.69, 9.17) is 10.9 Å². The van der Waals surface area contributed by atoms with Gasteiger partial charge in [0.05, 0.1) is 5.69 Å². The molecule has 1 rings (SSSR count). The first-order valence-electron chi connectivity index (χ1n) is 5.94. The Morgan fingerprint density at radius 1 is 1.33 bits per heavy atom. The van der Waals surface area contributed by atoms with E-state index in [1.807, 2.05) is 6.92 Å². The highest BCUT2D eigenvalue weighted by atomic mass is 32.2. The van der Waals surface area contributed by atoms with Crippen LogP contribution in [0.5, 0.6) is 0 Å². The van der Waals surface area contributed by atoms with E-state index in [0.717, 1.165) is 6.42 Å². The normalized spacial score (nSPS) is 15.1. The first-order chi connectivity index (χ1) is 8.25. The number of sulfonamides is 1. The molecule has 0 aliphatic carbocycles. The van der Waals surface area contributed by atoms with Crippen LogP contribution in [0.4, 0.5) is 11.4 Å². The highest BCUT2D eigenvalue weighted by Crippen LogP contribution is 2.25. The van der Waals surface area contributed by atoms with Gasteiger partial charge in [-0.2, -0.15) is 0 Å². The summed E-state index contributed by atoms with van der Waals surface area (Å²) in [6.07, 6.45) is 1.01. The van der Waals surface area contributed by atoms with Gasteiger partial charge in [-0.15, -0.1) is 0 Å². The molecule has 18 heavy (non-hydrogen) atoms. The van der Waals surface area contributed by atoms with E-state index in [9.17, 15) is 8.42 Å². The topological polar surface area (TPSA) is 98.2 Å². The van der Waals surface area contributed by atoms with E-state index in [1.165, 1.54) is 6.07 Å². The lowest BCUT2D eigenvalue weighted by Gasteiger charge is -2.22. The number of primary sulfonamides is 1. The highest BCUT2D eigenvalue weighted by Gasteiger charge is 2.17. The molecular weight excluding hydrogens is 250 g/mol. The van der Waals surface area contributed by atoms with E-state index in [2.05, 4.69) is 19.2 Å². The smallest absolute Gasteiger partial charge is 0.240 e. The predicted octanol–water partition coefficient (Wildman–Crippen LogP) is 1.76. The molecule has 0 aromatic heterocycles. The van der Waals surface area contributed by atoms with Crippen LogP contribution in [0.2, 0.25) is 0 Å². The first-order valence-corrected chi connectivity index (χ1v) is 7.49. The Hall–Kier alpha value is -1.27. The summed E-state index contributed by atoms with van der Waals surface area (Å²) in [7, 11) is -3.78. The molecule has 0 saturated heterocycles. The largest absolute Gasteiger partial charge is 0.399 e. The van der Waals surface area contributed by atoms with Gasteiger partial charge in [-0.05, 0) is 31.0 Å². The molecule has 6 heteroatoms. The van der Waals surface area contributed by atoms with Gasteiger partial charge in [-0.1, -0.05) is 20.3 Å². The molecule has 1 aromatic carbocycles. The average Bonchev–Trinajstić information content (AvgIpc) is 2.28. The van der Waals surface area contributed by atoms with Crippen molar-refractivity contribution in [1.82, 2.24) is 0 Å². The van der Waals surface area contributed by atoms with Crippen LogP contribution in [0.15, 0.2) is 23.1 Å². The molecule has 0 heterocycles. The Balaban J connectivity index is 3.10. The van der Waals surface area contributed by atoms with Crippen molar-refractivity contribution in [3.05, 3.63) is 18.2 Å². The molecule has 0 aliphatic rings. The Bertz CT molecular complexity index is 514. The summed E-state index contributed by atoms with van der Waals surface area (Å²) < 4.78 is 23.0. The molecule has 0 saturated carbocycles. The van der Waals surface area contributed by atoms with E-state index in [1.54, 1.807) is 12.1 Å². The molecule has 5 nitrogen and oxygen atoms in total. The zero-order valence-corrected chi connectivity index (χ0v) is 11.8. The lowest BCUT2D eigenvalue weighted by atomic mass is 10.0. The molecular formula is C12H21N3O2S. The second-order valence-corrected chi connectivity index (χ2v) is 6.15. The lowest BCUT2D eigenvalue weighted by Crippen LogP contribution is -2.25. The standard InChI is InChI=1S/C12H21N3O2S/c1-4-8(2)9(3)15-11-6-5-10(13)7-12(11)18(14,16)17/h5-9,15H,4,13H2,1-3H3,(H2,14,16,17). The third-order valence-corrected chi connectivity index (χ3v) is 4.14. The summed E-state index contributed by atoms with van der Waals surface area (Å²) in [6.45, 7) is 6.20. The van der Waals surface area contributed by atoms with Gasteiger partial charge in [0.1, 0.15) is 4.90 Å². The maximum absolute atomic E-state index is 11.5. The molecule has 2 atom stereocenters. The number of hydrogen-bond donors (Lipinski definition) is 3. The molecule has 102 valence electrons. The van der Waals surface area contributed by atoms with E-state index >= 15 is 0 Å². The number of anilines is 2. The van der Waals surface area contributed by atoms with Crippen LogP contribution in [0.3, 0.4) is 0 Å². The summed E-state index contributed by atoms with van der Waals surface area (Å²) in [5, 5.41) is 8.37. The quantitative estimate of drug-likeness (QED) is 0.711. The van der Waals surface area contributed by atoms with Crippen molar-refractivity contribution < 1.29 is 8.42 Å². The summed E-state index contributed by atoms with van der Waals surface area (Å²) in [5.74, 6) is 0.427. The average molecular weight is 271 g/mol. The Morgan fingerprint density at radius 2 is 1.94 bits per heavy atom. The van der Waals surface area contributed by atoms with E-state index in [0.29, 0.717) is 17.3 Å². The molecule has 2 unspecified atom stereocenters. The van der Waals surface area contributed by atoms with Crippen LogP contribution in [0.1, 0.15) is 27.2 Å². The monoisotopic (exact) mass is 271 g/mol. The third kappa shape index (κ3) is 3.61. The number of nitrogens with two attached hydrogens (primary N) is 2. The Kier molecular flexibility index (Phi) is 4.59. The molecule has 1 aromatic rings. The van der Waals surface area contributed by atoms with Gasteiger partial charge in [-0.25, -0.2) is 13.6 Å². The molecule has 5 N–H and O–H groups in total. The van der Waals surface area contributed by atoms with Crippen LogP contribution in [0, 0.1) is 5.92 Å². The number of nitrogens with one attached hydrogen (secondary N) is 1. The lowest BCUT2D eigenvalue weighted by molar-refractivity contribution is 0.494. The number of benzene rings is 1. The minimum atomic E-state index is -3.78. The van der Waals surface area contributed by atoms with Crippen LogP contribution < -0.4 is 16.2 Å². The van der Waals surface area contributed by atoms with Crippen LogP contribution >= 0.6 is 0 Å². The van der Waals surface area contributed by atoms with Crippen LogP contribution in [-0.4, -0.2) is 14.5 Å². The molecule has 0 aliphatic heterocycles. The van der Waals surface area contributed by atoms with Gasteiger partial charge < -0.3 is 11.1 Å². The summed E-state index contributed by atoms with van der Waals surface area (Å²) in [5.41, 5.74) is 6.47. The highest BCUT2D eigenvalue weighted by molar-refractivity contribution is 7.89. The summed E-state index contributed by atoms with van der Waals surface area (Å²) >= 11 is 0. The zero-order valence-electron chi connectivity index (χ0n) is 11.0. The molecule has 0 radical (unpaired) electrons. The molecule has 0 spiro atoms. The van der Waals surface area contributed by atoms with Gasteiger partial charge in [0, 0.05) is 11.7 Å². The second-order valence-electron chi connectivity index (χ2n) is 4.62. The SMILES string of the molecule is CCC(C)C(C)Nc1ccc(N)cc1S(N)(=O)=O. The van der Waals surface area contributed by atoms with Gasteiger partial charge in [0.2, 0.25) is 10.0 Å². The van der Waals surface area contributed by atoms with E-state index < -0.39 is 10.0 Å². The van der Waals surface area contributed by atoms with Crippen molar-refractivity contribution in [2.24, 2.45) is 11.1 Å². The first kappa shape index (κ1) is 14.8. The molecule has 0 bridgehead atoms. The third-order valence-electron chi connectivity index (χ3n) is 3.19. The second kappa shape index (κ2) is 5.58. The minimum absolute atomic E-state index is 0.0395. The van der Waals surface area contributed by atoms with Crippen LogP contribution in [-0.2, 0) is 10.0 Å². The predicted molar refractivity (Wildman–Crippen MR) is 74.8 cm³/mol.